The van der Waals surface area contributed by atoms with Crippen molar-refractivity contribution in [2.45, 2.75) is 40.2 Å². The summed E-state index contributed by atoms with van der Waals surface area (Å²) in [7, 11) is 0. The van der Waals surface area contributed by atoms with Crippen LogP contribution in [-0.4, -0.2) is 28.9 Å². The fraction of sp³-hybridized carbons (Fsp3) is 0.600. The highest BCUT2D eigenvalue weighted by Gasteiger charge is 2.36. The highest BCUT2D eigenvalue weighted by atomic mass is 16.2. The number of pyridine rings is 1. The molecule has 1 amide bonds. The average Bonchev–Trinajstić information content (AvgIpc) is 2.48. The summed E-state index contributed by atoms with van der Waals surface area (Å²) in [6, 6.07) is 3.88. The molecule has 0 unspecified atom stereocenters. The molecule has 0 aliphatic heterocycles. The molecule has 0 bridgehead atoms. The summed E-state index contributed by atoms with van der Waals surface area (Å²) in [6.07, 6.45) is 5.07. The number of hydrogen-bond acceptors (Lipinski definition) is 3. The Morgan fingerprint density at radius 3 is 2.26 bits per heavy atom. The van der Waals surface area contributed by atoms with E-state index >= 15 is 0 Å². The summed E-state index contributed by atoms with van der Waals surface area (Å²) in [4.78, 5) is 18.6. The van der Waals surface area contributed by atoms with E-state index in [2.05, 4.69) is 4.98 Å². The van der Waals surface area contributed by atoms with Gasteiger partial charge in [0.05, 0.1) is 5.41 Å². The van der Waals surface area contributed by atoms with Crippen molar-refractivity contribution in [3.05, 3.63) is 30.1 Å². The summed E-state index contributed by atoms with van der Waals surface area (Å²) >= 11 is 0. The standard InChI is InChI=1S/C15H25N3O/c1-4-15(5-2,12-16)14(19)18(6-3)11-13-7-9-17-10-8-13/h7-10H,4-6,11-12,16H2,1-3H3. The molecule has 4 heteroatoms. The van der Waals surface area contributed by atoms with Gasteiger partial charge in [0.1, 0.15) is 0 Å². The van der Waals surface area contributed by atoms with Crippen LogP contribution < -0.4 is 5.73 Å². The van der Waals surface area contributed by atoms with E-state index in [9.17, 15) is 4.79 Å². The van der Waals surface area contributed by atoms with Crippen LogP contribution in [-0.2, 0) is 11.3 Å². The second-order valence-electron chi connectivity index (χ2n) is 4.87. The fourth-order valence-electron chi connectivity index (χ4n) is 2.30. The van der Waals surface area contributed by atoms with Gasteiger partial charge >= 0.3 is 0 Å². The fourth-order valence-corrected chi connectivity index (χ4v) is 2.30. The van der Waals surface area contributed by atoms with Gasteiger partial charge in [0.25, 0.3) is 0 Å². The highest BCUT2D eigenvalue weighted by molar-refractivity contribution is 5.83. The van der Waals surface area contributed by atoms with Gasteiger partial charge in [0, 0.05) is 32.0 Å². The Balaban J connectivity index is 2.87. The lowest BCUT2D eigenvalue weighted by molar-refractivity contribution is -0.142. The lowest BCUT2D eigenvalue weighted by atomic mass is 9.81. The zero-order valence-corrected chi connectivity index (χ0v) is 12.2. The Hall–Kier alpha value is -1.42. The van der Waals surface area contributed by atoms with Crippen molar-refractivity contribution >= 4 is 5.91 Å². The molecule has 0 aromatic carbocycles. The Bertz CT molecular complexity index is 379. The van der Waals surface area contributed by atoms with Gasteiger partial charge in [-0.25, -0.2) is 0 Å². The van der Waals surface area contributed by atoms with E-state index in [1.54, 1.807) is 12.4 Å². The molecule has 1 aromatic heterocycles. The quantitative estimate of drug-likeness (QED) is 0.820. The normalized spacial score (nSPS) is 11.4. The minimum Gasteiger partial charge on any atom is -0.338 e. The first-order valence-corrected chi connectivity index (χ1v) is 7.01. The van der Waals surface area contributed by atoms with Crippen LogP contribution in [0.2, 0.25) is 0 Å². The van der Waals surface area contributed by atoms with E-state index in [0.29, 0.717) is 19.6 Å². The molecule has 1 aromatic rings. The van der Waals surface area contributed by atoms with Gasteiger partial charge in [-0.2, -0.15) is 0 Å². The Morgan fingerprint density at radius 1 is 1.26 bits per heavy atom. The summed E-state index contributed by atoms with van der Waals surface area (Å²) in [5.41, 5.74) is 6.54. The van der Waals surface area contributed by atoms with Crippen LogP contribution in [0.15, 0.2) is 24.5 Å². The molecular weight excluding hydrogens is 238 g/mol. The molecule has 0 radical (unpaired) electrons. The molecule has 4 nitrogen and oxygen atoms in total. The molecule has 0 spiro atoms. The minimum atomic E-state index is -0.414. The Kier molecular flexibility index (Phi) is 5.96. The summed E-state index contributed by atoms with van der Waals surface area (Å²) in [5, 5.41) is 0. The van der Waals surface area contributed by atoms with E-state index in [-0.39, 0.29) is 5.91 Å². The van der Waals surface area contributed by atoms with Gasteiger partial charge in [-0.1, -0.05) is 13.8 Å². The molecule has 0 fully saturated rings. The molecule has 106 valence electrons. The number of rotatable bonds is 7. The van der Waals surface area contributed by atoms with E-state index in [4.69, 9.17) is 5.73 Å². The van der Waals surface area contributed by atoms with E-state index < -0.39 is 5.41 Å². The molecule has 0 aliphatic rings. The summed E-state index contributed by atoms with van der Waals surface area (Å²) in [6.45, 7) is 7.81. The molecule has 0 atom stereocenters. The van der Waals surface area contributed by atoms with Crippen LogP contribution in [0.5, 0.6) is 0 Å². The van der Waals surface area contributed by atoms with Crippen LogP contribution in [0.25, 0.3) is 0 Å². The Morgan fingerprint density at radius 2 is 1.84 bits per heavy atom. The number of carbonyl (C=O) groups is 1. The van der Waals surface area contributed by atoms with Gasteiger partial charge in [0.15, 0.2) is 0 Å². The SMILES string of the molecule is CCN(Cc1ccncc1)C(=O)C(CC)(CC)CN. The van der Waals surface area contributed by atoms with Crippen molar-refractivity contribution in [1.29, 1.82) is 0 Å². The molecule has 1 heterocycles. The molecular formula is C15H25N3O. The first kappa shape index (κ1) is 15.6. The number of hydrogen-bond donors (Lipinski definition) is 1. The Labute approximate surface area is 116 Å². The van der Waals surface area contributed by atoms with Gasteiger partial charge < -0.3 is 10.6 Å². The van der Waals surface area contributed by atoms with Crippen LogP contribution in [0.4, 0.5) is 0 Å². The van der Waals surface area contributed by atoms with Gasteiger partial charge in [-0.3, -0.25) is 9.78 Å². The van der Waals surface area contributed by atoms with Crippen molar-refractivity contribution in [2.24, 2.45) is 11.1 Å². The maximum Gasteiger partial charge on any atom is 0.230 e. The number of amides is 1. The number of carbonyl (C=O) groups excluding carboxylic acids is 1. The third-order valence-electron chi connectivity index (χ3n) is 3.99. The third kappa shape index (κ3) is 3.53. The van der Waals surface area contributed by atoms with Gasteiger partial charge in [-0.05, 0) is 37.5 Å². The zero-order chi connectivity index (χ0) is 14.3. The smallest absolute Gasteiger partial charge is 0.230 e. The predicted molar refractivity (Wildman–Crippen MR) is 77.4 cm³/mol. The number of nitrogens with two attached hydrogens (primary N) is 1. The van der Waals surface area contributed by atoms with Crippen LogP contribution in [0.1, 0.15) is 39.2 Å². The van der Waals surface area contributed by atoms with Gasteiger partial charge in [0.2, 0.25) is 5.91 Å². The molecule has 2 N–H and O–H groups in total. The zero-order valence-electron chi connectivity index (χ0n) is 12.2. The molecule has 0 aliphatic carbocycles. The minimum absolute atomic E-state index is 0.166. The monoisotopic (exact) mass is 263 g/mol. The third-order valence-corrected chi connectivity index (χ3v) is 3.99. The van der Waals surface area contributed by atoms with E-state index in [1.165, 1.54) is 0 Å². The van der Waals surface area contributed by atoms with E-state index in [1.807, 2.05) is 37.8 Å². The first-order valence-electron chi connectivity index (χ1n) is 7.01. The lowest BCUT2D eigenvalue weighted by Crippen LogP contribution is -2.47. The average molecular weight is 263 g/mol. The predicted octanol–water partition coefficient (Wildman–Crippen LogP) is 2.20. The van der Waals surface area contributed by atoms with Crippen molar-refractivity contribution in [2.75, 3.05) is 13.1 Å². The second kappa shape index (κ2) is 7.24. The van der Waals surface area contributed by atoms with Crippen molar-refractivity contribution in [3.63, 3.8) is 0 Å². The topological polar surface area (TPSA) is 59.2 Å². The molecule has 0 saturated carbocycles. The summed E-state index contributed by atoms with van der Waals surface area (Å²) in [5.74, 6) is 0.166. The highest BCUT2D eigenvalue weighted by Crippen LogP contribution is 2.28. The van der Waals surface area contributed by atoms with Crippen molar-refractivity contribution in [3.8, 4) is 0 Å². The van der Waals surface area contributed by atoms with Crippen LogP contribution in [0.3, 0.4) is 0 Å². The molecule has 0 saturated heterocycles. The van der Waals surface area contributed by atoms with Crippen molar-refractivity contribution < 1.29 is 4.79 Å². The van der Waals surface area contributed by atoms with Crippen molar-refractivity contribution in [1.82, 2.24) is 9.88 Å². The number of aromatic nitrogens is 1. The lowest BCUT2D eigenvalue weighted by Gasteiger charge is -2.34. The number of nitrogens with zero attached hydrogens (tertiary/aromatic N) is 2. The second-order valence-corrected chi connectivity index (χ2v) is 4.87. The largest absolute Gasteiger partial charge is 0.338 e. The summed E-state index contributed by atoms with van der Waals surface area (Å²) < 4.78 is 0. The van der Waals surface area contributed by atoms with Gasteiger partial charge in [-0.15, -0.1) is 0 Å². The molecule has 1 rings (SSSR count). The van der Waals surface area contributed by atoms with E-state index in [0.717, 1.165) is 18.4 Å². The first-order chi connectivity index (χ1) is 9.13. The van der Waals surface area contributed by atoms with Crippen LogP contribution >= 0.6 is 0 Å². The maximum absolute atomic E-state index is 12.7. The van der Waals surface area contributed by atoms with Crippen LogP contribution in [0, 0.1) is 5.41 Å². The molecule has 19 heavy (non-hydrogen) atoms. The maximum atomic E-state index is 12.7.